The zero-order valence-electron chi connectivity index (χ0n) is 10.8. The van der Waals surface area contributed by atoms with Crippen LogP contribution >= 0.6 is 0 Å². The zero-order valence-corrected chi connectivity index (χ0v) is 10.8. The molecular formula is C15H19F3O. The Morgan fingerprint density at radius 1 is 1.11 bits per heavy atom. The zero-order chi connectivity index (χ0) is 13.9. The predicted molar refractivity (Wildman–Crippen MR) is 67.5 cm³/mol. The van der Waals surface area contributed by atoms with Crippen molar-refractivity contribution in [3.05, 3.63) is 35.6 Å². The smallest absolute Gasteiger partial charge is 0.241 e. The summed E-state index contributed by atoms with van der Waals surface area (Å²) in [7, 11) is 0. The molecule has 1 saturated carbocycles. The quantitative estimate of drug-likeness (QED) is 0.868. The van der Waals surface area contributed by atoms with Crippen molar-refractivity contribution in [1.82, 2.24) is 0 Å². The van der Waals surface area contributed by atoms with E-state index in [0.29, 0.717) is 5.56 Å². The summed E-state index contributed by atoms with van der Waals surface area (Å²) in [5.74, 6) is -0.590. The Hall–Kier alpha value is -1.03. The van der Waals surface area contributed by atoms with Gasteiger partial charge < -0.3 is 5.11 Å². The molecule has 1 aliphatic carbocycles. The van der Waals surface area contributed by atoms with E-state index in [2.05, 4.69) is 0 Å². The van der Waals surface area contributed by atoms with Gasteiger partial charge in [-0.3, -0.25) is 0 Å². The average Bonchev–Trinajstić information content (AvgIpc) is 2.39. The van der Waals surface area contributed by atoms with E-state index >= 15 is 0 Å². The largest absolute Gasteiger partial charge is 0.385 e. The minimum absolute atomic E-state index is 0.166. The van der Waals surface area contributed by atoms with Gasteiger partial charge in [0.2, 0.25) is 6.43 Å². The molecule has 0 bridgehead atoms. The lowest BCUT2D eigenvalue weighted by atomic mass is 9.72. The minimum atomic E-state index is -2.57. The molecule has 1 fully saturated rings. The first-order valence-corrected chi connectivity index (χ1v) is 6.79. The number of hydrogen-bond acceptors (Lipinski definition) is 1. The van der Waals surface area contributed by atoms with Crippen molar-refractivity contribution in [2.45, 2.75) is 50.6 Å². The van der Waals surface area contributed by atoms with Crippen LogP contribution in [0.25, 0.3) is 0 Å². The lowest BCUT2D eigenvalue weighted by Gasteiger charge is -2.39. The monoisotopic (exact) mass is 272 g/mol. The molecule has 106 valence electrons. The highest BCUT2D eigenvalue weighted by Crippen LogP contribution is 2.42. The first kappa shape index (κ1) is 14.4. The number of aliphatic hydroxyl groups is 1. The van der Waals surface area contributed by atoms with E-state index in [1.54, 1.807) is 0 Å². The van der Waals surface area contributed by atoms with Gasteiger partial charge in [-0.15, -0.1) is 0 Å². The second kappa shape index (κ2) is 5.95. The second-order valence-electron chi connectivity index (χ2n) is 5.36. The predicted octanol–water partition coefficient (Wildman–Crippen LogP) is 4.25. The molecule has 1 aliphatic rings. The van der Waals surface area contributed by atoms with E-state index < -0.39 is 24.3 Å². The molecule has 0 spiro atoms. The Bertz CT molecular complexity index is 398. The lowest BCUT2D eigenvalue weighted by Crippen LogP contribution is -2.38. The molecule has 1 atom stereocenters. The van der Waals surface area contributed by atoms with Gasteiger partial charge >= 0.3 is 0 Å². The van der Waals surface area contributed by atoms with E-state index in [-0.39, 0.29) is 5.92 Å². The van der Waals surface area contributed by atoms with Gasteiger partial charge in [-0.05, 0) is 36.5 Å². The third-order valence-electron chi connectivity index (χ3n) is 4.09. The van der Waals surface area contributed by atoms with Gasteiger partial charge in [-0.1, -0.05) is 31.4 Å². The fraction of sp³-hybridized carbons (Fsp3) is 0.600. The van der Waals surface area contributed by atoms with Crippen LogP contribution in [0.3, 0.4) is 0 Å². The van der Waals surface area contributed by atoms with E-state index in [0.717, 1.165) is 32.1 Å². The average molecular weight is 272 g/mol. The van der Waals surface area contributed by atoms with Crippen LogP contribution in [0.1, 0.15) is 44.1 Å². The van der Waals surface area contributed by atoms with Crippen LogP contribution in [0.5, 0.6) is 0 Å². The summed E-state index contributed by atoms with van der Waals surface area (Å²) in [4.78, 5) is 0. The maximum Gasteiger partial charge on any atom is 0.241 e. The molecule has 0 amide bonds. The van der Waals surface area contributed by atoms with Crippen LogP contribution in [0.2, 0.25) is 0 Å². The van der Waals surface area contributed by atoms with Crippen molar-refractivity contribution in [3.63, 3.8) is 0 Å². The molecule has 1 aromatic carbocycles. The summed E-state index contributed by atoms with van der Waals surface area (Å²) >= 11 is 0. The lowest BCUT2D eigenvalue weighted by molar-refractivity contribution is -0.0809. The summed E-state index contributed by atoms with van der Waals surface area (Å²) in [5, 5.41) is 10.8. The number of hydrogen-bond donors (Lipinski definition) is 1. The van der Waals surface area contributed by atoms with Crippen LogP contribution in [0, 0.1) is 11.7 Å². The first-order valence-electron chi connectivity index (χ1n) is 6.79. The first-order chi connectivity index (χ1) is 9.02. The summed E-state index contributed by atoms with van der Waals surface area (Å²) in [6, 6.07) is 5.28. The molecule has 1 nitrogen and oxygen atoms in total. The normalized spacial score (nSPS) is 20.5. The molecular weight excluding hydrogens is 253 g/mol. The van der Waals surface area contributed by atoms with E-state index in [9.17, 15) is 18.3 Å². The van der Waals surface area contributed by atoms with Crippen molar-refractivity contribution < 1.29 is 18.3 Å². The fourth-order valence-corrected chi connectivity index (χ4v) is 3.07. The van der Waals surface area contributed by atoms with Crippen LogP contribution in [-0.2, 0) is 5.60 Å². The van der Waals surface area contributed by atoms with Crippen molar-refractivity contribution in [2.75, 3.05) is 0 Å². The summed E-state index contributed by atoms with van der Waals surface area (Å²) in [5.41, 5.74) is -1.14. The summed E-state index contributed by atoms with van der Waals surface area (Å²) in [6.45, 7) is 0. The van der Waals surface area contributed by atoms with E-state index in [1.807, 2.05) is 0 Å². The van der Waals surface area contributed by atoms with Gasteiger partial charge in [-0.2, -0.15) is 0 Å². The fourth-order valence-electron chi connectivity index (χ4n) is 3.07. The molecule has 0 saturated heterocycles. The van der Waals surface area contributed by atoms with Crippen LogP contribution in [-0.4, -0.2) is 11.5 Å². The van der Waals surface area contributed by atoms with Gasteiger partial charge in [0.25, 0.3) is 0 Å². The molecule has 1 unspecified atom stereocenters. The van der Waals surface area contributed by atoms with Gasteiger partial charge in [0, 0.05) is 6.42 Å². The van der Waals surface area contributed by atoms with Crippen molar-refractivity contribution >= 4 is 0 Å². The molecule has 4 heteroatoms. The van der Waals surface area contributed by atoms with Crippen molar-refractivity contribution in [3.8, 4) is 0 Å². The molecule has 0 radical (unpaired) electrons. The Labute approximate surface area is 111 Å². The van der Waals surface area contributed by atoms with Gasteiger partial charge in [0.05, 0.1) is 5.60 Å². The Morgan fingerprint density at radius 2 is 1.68 bits per heavy atom. The standard InChI is InChI=1S/C15H19F3O/c16-13-8-6-12(7-9-13)15(19,10-14(17)18)11-4-2-1-3-5-11/h6-9,11,14,19H,1-5,10H2. The molecule has 1 N–H and O–H groups in total. The maximum absolute atomic E-state index is 12.9. The number of alkyl halides is 2. The Kier molecular flexibility index (Phi) is 4.50. The molecule has 0 aliphatic heterocycles. The second-order valence-corrected chi connectivity index (χ2v) is 5.36. The minimum Gasteiger partial charge on any atom is -0.385 e. The third-order valence-corrected chi connectivity index (χ3v) is 4.09. The summed E-state index contributed by atoms with van der Waals surface area (Å²) in [6.07, 6.45) is 1.35. The third kappa shape index (κ3) is 3.30. The van der Waals surface area contributed by atoms with E-state index in [1.165, 1.54) is 24.3 Å². The molecule has 0 aromatic heterocycles. The van der Waals surface area contributed by atoms with Gasteiger partial charge in [-0.25, -0.2) is 13.2 Å². The molecule has 19 heavy (non-hydrogen) atoms. The topological polar surface area (TPSA) is 20.2 Å². The number of rotatable bonds is 4. The highest BCUT2D eigenvalue weighted by atomic mass is 19.3. The Morgan fingerprint density at radius 3 is 2.21 bits per heavy atom. The van der Waals surface area contributed by atoms with Crippen LogP contribution in [0.15, 0.2) is 24.3 Å². The highest BCUT2D eigenvalue weighted by molar-refractivity contribution is 5.24. The van der Waals surface area contributed by atoms with Crippen molar-refractivity contribution in [2.24, 2.45) is 5.92 Å². The SMILES string of the molecule is OC(CC(F)F)(c1ccc(F)cc1)C1CCCCC1. The maximum atomic E-state index is 12.9. The molecule has 1 aromatic rings. The molecule has 2 rings (SSSR count). The number of benzene rings is 1. The molecule has 0 heterocycles. The summed E-state index contributed by atoms with van der Waals surface area (Å²) < 4.78 is 38.6. The Balaban J connectivity index is 2.29. The number of halogens is 3. The van der Waals surface area contributed by atoms with Crippen LogP contribution in [0.4, 0.5) is 13.2 Å². The van der Waals surface area contributed by atoms with Gasteiger partial charge in [0.15, 0.2) is 0 Å². The van der Waals surface area contributed by atoms with Crippen molar-refractivity contribution in [1.29, 1.82) is 0 Å². The highest BCUT2D eigenvalue weighted by Gasteiger charge is 2.41. The van der Waals surface area contributed by atoms with Gasteiger partial charge in [0.1, 0.15) is 5.82 Å². The van der Waals surface area contributed by atoms with Crippen LogP contribution < -0.4 is 0 Å². The van der Waals surface area contributed by atoms with E-state index in [4.69, 9.17) is 0 Å².